The summed E-state index contributed by atoms with van der Waals surface area (Å²) in [6.45, 7) is 4.39. The molecule has 7 nitrogen and oxygen atoms in total. The molecule has 3 aromatic rings. The van der Waals surface area contributed by atoms with Crippen molar-refractivity contribution in [2.75, 3.05) is 39.4 Å². The molecule has 0 aliphatic carbocycles. The molecule has 2 aliphatic heterocycles. The van der Waals surface area contributed by atoms with E-state index in [1.165, 1.54) is 5.56 Å². The summed E-state index contributed by atoms with van der Waals surface area (Å²) in [7, 11) is 0. The van der Waals surface area contributed by atoms with Crippen molar-refractivity contribution in [3.05, 3.63) is 71.9 Å². The van der Waals surface area contributed by atoms with Crippen LogP contribution in [0.25, 0.3) is 10.9 Å². The van der Waals surface area contributed by atoms with E-state index in [1.807, 2.05) is 55.5 Å². The minimum absolute atomic E-state index is 0.0635. The number of para-hydroxylation sites is 2. The van der Waals surface area contributed by atoms with E-state index in [9.17, 15) is 9.59 Å². The van der Waals surface area contributed by atoms with Gasteiger partial charge in [0.2, 0.25) is 0 Å². The molecule has 188 valence electrons. The fourth-order valence-corrected chi connectivity index (χ4v) is 5.23. The van der Waals surface area contributed by atoms with Crippen LogP contribution < -0.4 is 4.74 Å². The highest BCUT2D eigenvalue weighted by Crippen LogP contribution is 2.30. The van der Waals surface area contributed by atoms with Crippen molar-refractivity contribution in [3.63, 3.8) is 0 Å². The molecule has 2 aliphatic rings. The first-order valence-corrected chi connectivity index (χ1v) is 12.9. The standard InChI is InChI=1S/C29H33N3O4/c1-2-31-17-19-35-26-13-6-4-10-23(26)11-7-8-16-29(28(31)34)21-32(18-20-36-29)27(33)25-15-14-22-9-3-5-12-24(22)30-25/h3-6,9-10,12-15H,2,7-8,11,16-21H2,1H3. The number of hydrogen-bond acceptors (Lipinski definition) is 5. The van der Waals surface area contributed by atoms with Gasteiger partial charge >= 0.3 is 0 Å². The number of carbonyl (C=O) groups excluding carboxylic acids is 2. The van der Waals surface area contributed by atoms with Gasteiger partial charge in [0.25, 0.3) is 11.8 Å². The highest BCUT2D eigenvalue weighted by Gasteiger charge is 2.46. The van der Waals surface area contributed by atoms with Crippen LogP contribution in [0, 0.1) is 0 Å². The van der Waals surface area contributed by atoms with E-state index in [4.69, 9.17) is 9.47 Å². The number of fused-ring (bicyclic) bond motifs is 2. The summed E-state index contributed by atoms with van der Waals surface area (Å²) < 4.78 is 12.3. The number of likely N-dealkylation sites (N-methyl/N-ethyl adjacent to an activating group) is 1. The maximum absolute atomic E-state index is 13.9. The van der Waals surface area contributed by atoms with Gasteiger partial charge in [-0.3, -0.25) is 9.59 Å². The van der Waals surface area contributed by atoms with Crippen LogP contribution in [0.4, 0.5) is 0 Å². The zero-order chi connectivity index (χ0) is 25.0. The molecule has 1 atom stereocenters. The molecule has 1 fully saturated rings. The van der Waals surface area contributed by atoms with Gasteiger partial charge in [-0.15, -0.1) is 0 Å². The second kappa shape index (κ2) is 10.7. The molecule has 2 amide bonds. The summed E-state index contributed by atoms with van der Waals surface area (Å²) in [6.07, 6.45) is 3.17. The van der Waals surface area contributed by atoms with Crippen LogP contribution in [0.3, 0.4) is 0 Å². The molecule has 1 spiro atoms. The van der Waals surface area contributed by atoms with Crippen LogP contribution in [0.1, 0.15) is 42.2 Å². The Morgan fingerprint density at radius 1 is 1.00 bits per heavy atom. The number of morpholine rings is 1. The van der Waals surface area contributed by atoms with Gasteiger partial charge in [-0.2, -0.15) is 0 Å². The molecular weight excluding hydrogens is 454 g/mol. The fraction of sp³-hybridized carbons (Fsp3) is 0.414. The second-order valence-corrected chi connectivity index (χ2v) is 9.51. The Morgan fingerprint density at radius 3 is 2.72 bits per heavy atom. The number of aryl methyl sites for hydroxylation is 1. The van der Waals surface area contributed by atoms with Gasteiger partial charge < -0.3 is 19.3 Å². The molecule has 1 aromatic heterocycles. The monoisotopic (exact) mass is 487 g/mol. The third-order valence-electron chi connectivity index (χ3n) is 7.22. The lowest BCUT2D eigenvalue weighted by molar-refractivity contribution is -0.170. The van der Waals surface area contributed by atoms with Crippen molar-refractivity contribution in [3.8, 4) is 5.75 Å². The van der Waals surface area contributed by atoms with E-state index < -0.39 is 5.60 Å². The van der Waals surface area contributed by atoms with Crippen molar-refractivity contribution < 1.29 is 19.1 Å². The maximum atomic E-state index is 13.9. The van der Waals surface area contributed by atoms with E-state index in [-0.39, 0.29) is 18.4 Å². The highest BCUT2D eigenvalue weighted by molar-refractivity contribution is 5.96. The predicted octanol–water partition coefficient (Wildman–Crippen LogP) is 4.10. The topological polar surface area (TPSA) is 72.0 Å². The minimum Gasteiger partial charge on any atom is -0.491 e. The number of hydrogen-bond donors (Lipinski definition) is 0. The quantitative estimate of drug-likeness (QED) is 0.544. The molecule has 5 rings (SSSR count). The summed E-state index contributed by atoms with van der Waals surface area (Å²) in [5.74, 6) is 0.666. The zero-order valence-electron chi connectivity index (χ0n) is 20.8. The average Bonchev–Trinajstić information content (AvgIpc) is 2.92. The summed E-state index contributed by atoms with van der Waals surface area (Å²) in [5, 5.41) is 0.990. The van der Waals surface area contributed by atoms with Crippen LogP contribution in [-0.4, -0.2) is 71.6 Å². The van der Waals surface area contributed by atoms with E-state index in [2.05, 4.69) is 11.1 Å². The zero-order valence-corrected chi connectivity index (χ0v) is 20.8. The lowest BCUT2D eigenvalue weighted by Gasteiger charge is -2.44. The average molecular weight is 488 g/mol. The molecule has 1 unspecified atom stereocenters. The molecule has 0 N–H and O–H groups in total. The van der Waals surface area contributed by atoms with Gasteiger partial charge in [0.15, 0.2) is 5.60 Å². The Balaban J connectivity index is 1.39. The van der Waals surface area contributed by atoms with E-state index in [0.29, 0.717) is 45.0 Å². The van der Waals surface area contributed by atoms with Crippen LogP contribution in [0.15, 0.2) is 60.7 Å². The lowest BCUT2D eigenvalue weighted by atomic mass is 9.90. The van der Waals surface area contributed by atoms with Crippen molar-refractivity contribution >= 4 is 22.7 Å². The lowest BCUT2D eigenvalue weighted by Crippen LogP contribution is -2.62. The van der Waals surface area contributed by atoms with E-state index >= 15 is 0 Å². The fourth-order valence-electron chi connectivity index (χ4n) is 5.23. The Bertz CT molecular complexity index is 1250. The van der Waals surface area contributed by atoms with Crippen molar-refractivity contribution in [1.29, 1.82) is 0 Å². The normalized spacial score (nSPS) is 21.4. The van der Waals surface area contributed by atoms with Gasteiger partial charge in [-0.05, 0) is 56.4 Å². The van der Waals surface area contributed by atoms with Crippen LogP contribution in [0.2, 0.25) is 0 Å². The van der Waals surface area contributed by atoms with E-state index in [1.54, 1.807) is 15.9 Å². The number of amides is 2. The molecule has 36 heavy (non-hydrogen) atoms. The third kappa shape index (κ3) is 4.93. The van der Waals surface area contributed by atoms with Gasteiger partial charge in [-0.25, -0.2) is 4.98 Å². The second-order valence-electron chi connectivity index (χ2n) is 9.51. The van der Waals surface area contributed by atoms with Crippen molar-refractivity contribution in [2.24, 2.45) is 0 Å². The molecule has 0 saturated carbocycles. The molecule has 3 heterocycles. The Labute approximate surface area is 212 Å². The number of rotatable bonds is 2. The molecular formula is C29H33N3O4. The van der Waals surface area contributed by atoms with Gasteiger partial charge in [0.1, 0.15) is 18.1 Å². The molecule has 0 radical (unpaired) electrons. The Hall–Kier alpha value is -3.45. The molecule has 1 saturated heterocycles. The maximum Gasteiger partial charge on any atom is 0.272 e. The van der Waals surface area contributed by atoms with Crippen LogP contribution >= 0.6 is 0 Å². The first kappa shape index (κ1) is 24.3. The van der Waals surface area contributed by atoms with Crippen LogP contribution in [-0.2, 0) is 16.0 Å². The summed E-state index contributed by atoms with van der Waals surface area (Å²) in [6, 6.07) is 19.6. The molecule has 2 aromatic carbocycles. The first-order chi connectivity index (χ1) is 17.6. The smallest absolute Gasteiger partial charge is 0.272 e. The van der Waals surface area contributed by atoms with Gasteiger partial charge in [0, 0.05) is 18.5 Å². The van der Waals surface area contributed by atoms with Gasteiger partial charge in [0.05, 0.1) is 25.2 Å². The predicted molar refractivity (Wildman–Crippen MR) is 138 cm³/mol. The number of pyridine rings is 1. The summed E-state index contributed by atoms with van der Waals surface area (Å²) >= 11 is 0. The third-order valence-corrected chi connectivity index (χ3v) is 7.22. The number of ether oxygens (including phenoxy) is 2. The van der Waals surface area contributed by atoms with Crippen LogP contribution in [0.5, 0.6) is 5.75 Å². The number of benzene rings is 2. The largest absolute Gasteiger partial charge is 0.491 e. The number of nitrogens with zero attached hydrogens (tertiary/aromatic N) is 3. The highest BCUT2D eigenvalue weighted by atomic mass is 16.5. The Kier molecular flexibility index (Phi) is 7.18. The van der Waals surface area contributed by atoms with Gasteiger partial charge in [-0.1, -0.05) is 42.5 Å². The number of carbonyl (C=O) groups is 2. The molecule has 7 heteroatoms. The van der Waals surface area contributed by atoms with Crippen molar-refractivity contribution in [1.82, 2.24) is 14.8 Å². The summed E-state index contributed by atoms with van der Waals surface area (Å²) in [5.41, 5.74) is 1.30. The van der Waals surface area contributed by atoms with Crippen molar-refractivity contribution in [2.45, 2.75) is 38.2 Å². The Morgan fingerprint density at radius 2 is 1.83 bits per heavy atom. The molecule has 0 bridgehead atoms. The minimum atomic E-state index is -1.06. The number of aromatic nitrogens is 1. The first-order valence-electron chi connectivity index (χ1n) is 12.9. The SMILES string of the molecule is CCN1CCOc2ccccc2CCCCC2(CN(C(=O)c3ccc4ccccc4n3)CCO2)C1=O. The summed E-state index contributed by atoms with van der Waals surface area (Å²) in [4.78, 5) is 35.5. The van der Waals surface area contributed by atoms with E-state index in [0.717, 1.165) is 35.9 Å².